The summed E-state index contributed by atoms with van der Waals surface area (Å²) < 4.78 is 0. The second kappa shape index (κ2) is 6.79. The van der Waals surface area contributed by atoms with E-state index in [0.29, 0.717) is 13.0 Å². The molecule has 2 amide bonds. The van der Waals surface area contributed by atoms with Gasteiger partial charge in [-0.1, -0.05) is 12.1 Å². The summed E-state index contributed by atoms with van der Waals surface area (Å²) >= 11 is 1.52. The standard InChI is InChI=1S/C11H14N2O2S/c1-2-5-12-11(15)8-13-10(14)7-9-4-3-6-16-9/h2-4,6H,1,5,7-8H2,(H,12,15)(H,13,14). The first-order chi connectivity index (χ1) is 7.72. The van der Waals surface area contributed by atoms with Gasteiger partial charge in [-0.3, -0.25) is 9.59 Å². The molecule has 0 saturated carbocycles. The zero-order chi connectivity index (χ0) is 11.8. The van der Waals surface area contributed by atoms with Crippen LogP contribution in [-0.4, -0.2) is 24.9 Å². The molecule has 86 valence electrons. The van der Waals surface area contributed by atoms with E-state index in [9.17, 15) is 9.59 Å². The maximum absolute atomic E-state index is 11.4. The summed E-state index contributed by atoms with van der Waals surface area (Å²) in [5.41, 5.74) is 0. The number of carbonyl (C=O) groups is 2. The summed E-state index contributed by atoms with van der Waals surface area (Å²) in [6.45, 7) is 3.91. The molecule has 0 aromatic carbocycles. The SMILES string of the molecule is C=CCNC(=O)CNC(=O)Cc1cccs1. The van der Waals surface area contributed by atoms with E-state index < -0.39 is 0 Å². The summed E-state index contributed by atoms with van der Waals surface area (Å²) in [6, 6.07) is 3.78. The zero-order valence-corrected chi connectivity index (χ0v) is 9.68. The molecule has 0 atom stereocenters. The Balaban J connectivity index is 2.20. The number of thiophene rings is 1. The van der Waals surface area contributed by atoms with Crippen molar-refractivity contribution >= 4 is 23.2 Å². The first kappa shape index (κ1) is 12.4. The van der Waals surface area contributed by atoms with Crippen molar-refractivity contribution in [2.45, 2.75) is 6.42 Å². The van der Waals surface area contributed by atoms with Crippen molar-refractivity contribution in [2.75, 3.05) is 13.1 Å². The molecule has 0 bridgehead atoms. The van der Waals surface area contributed by atoms with Crippen LogP contribution >= 0.6 is 11.3 Å². The third-order valence-corrected chi connectivity index (χ3v) is 2.68. The van der Waals surface area contributed by atoms with Gasteiger partial charge in [-0.05, 0) is 11.4 Å². The highest BCUT2D eigenvalue weighted by Gasteiger charge is 2.05. The van der Waals surface area contributed by atoms with E-state index in [-0.39, 0.29) is 18.4 Å². The van der Waals surface area contributed by atoms with E-state index in [1.165, 1.54) is 11.3 Å². The van der Waals surface area contributed by atoms with E-state index in [1.54, 1.807) is 6.08 Å². The maximum atomic E-state index is 11.4. The van der Waals surface area contributed by atoms with Gasteiger partial charge in [0.05, 0.1) is 13.0 Å². The summed E-state index contributed by atoms with van der Waals surface area (Å²) in [7, 11) is 0. The summed E-state index contributed by atoms with van der Waals surface area (Å²) in [5.74, 6) is -0.351. The molecule has 1 rings (SSSR count). The molecule has 5 heteroatoms. The number of nitrogens with one attached hydrogen (secondary N) is 2. The molecule has 0 spiro atoms. The Kier molecular flexibility index (Phi) is 5.28. The molecule has 4 nitrogen and oxygen atoms in total. The molecule has 1 aromatic heterocycles. The highest BCUT2D eigenvalue weighted by atomic mass is 32.1. The minimum Gasteiger partial charge on any atom is -0.351 e. The number of hydrogen-bond acceptors (Lipinski definition) is 3. The van der Waals surface area contributed by atoms with E-state index in [4.69, 9.17) is 0 Å². The minimum atomic E-state index is -0.209. The topological polar surface area (TPSA) is 58.2 Å². The fourth-order valence-corrected chi connectivity index (χ4v) is 1.76. The van der Waals surface area contributed by atoms with Crippen molar-refractivity contribution in [3.8, 4) is 0 Å². The van der Waals surface area contributed by atoms with E-state index in [0.717, 1.165) is 4.88 Å². The number of hydrogen-bond donors (Lipinski definition) is 2. The molecule has 0 unspecified atom stereocenters. The average molecular weight is 238 g/mol. The monoisotopic (exact) mass is 238 g/mol. The predicted octanol–water partition coefficient (Wildman–Crippen LogP) is 0.709. The molecular weight excluding hydrogens is 224 g/mol. The van der Waals surface area contributed by atoms with Crippen LogP contribution in [0.2, 0.25) is 0 Å². The largest absolute Gasteiger partial charge is 0.351 e. The highest BCUT2D eigenvalue weighted by Crippen LogP contribution is 2.08. The quantitative estimate of drug-likeness (QED) is 0.717. The lowest BCUT2D eigenvalue weighted by Crippen LogP contribution is -2.37. The van der Waals surface area contributed by atoms with Crippen LogP contribution in [0.3, 0.4) is 0 Å². The molecule has 0 fully saturated rings. The maximum Gasteiger partial charge on any atom is 0.239 e. The first-order valence-electron chi connectivity index (χ1n) is 4.89. The van der Waals surface area contributed by atoms with Crippen LogP contribution in [0.15, 0.2) is 30.2 Å². The molecule has 1 heterocycles. The van der Waals surface area contributed by atoms with Crippen molar-refractivity contribution in [3.05, 3.63) is 35.0 Å². The Hall–Kier alpha value is -1.62. The fraction of sp³-hybridized carbons (Fsp3) is 0.273. The summed E-state index contributed by atoms with van der Waals surface area (Å²) in [5, 5.41) is 7.04. The van der Waals surface area contributed by atoms with E-state index in [1.807, 2.05) is 17.5 Å². The van der Waals surface area contributed by atoms with Crippen LogP contribution in [0.5, 0.6) is 0 Å². The van der Waals surface area contributed by atoms with Crippen LogP contribution in [0.4, 0.5) is 0 Å². The van der Waals surface area contributed by atoms with E-state index in [2.05, 4.69) is 17.2 Å². The Bertz CT molecular complexity index is 360. The van der Waals surface area contributed by atoms with Crippen LogP contribution in [-0.2, 0) is 16.0 Å². The van der Waals surface area contributed by atoms with Crippen LogP contribution in [0, 0.1) is 0 Å². The van der Waals surface area contributed by atoms with Crippen molar-refractivity contribution in [2.24, 2.45) is 0 Å². The third-order valence-electron chi connectivity index (χ3n) is 1.80. The minimum absolute atomic E-state index is 0.0120. The van der Waals surface area contributed by atoms with Gasteiger partial charge in [0.2, 0.25) is 11.8 Å². The van der Waals surface area contributed by atoms with Gasteiger partial charge < -0.3 is 10.6 Å². The van der Waals surface area contributed by atoms with E-state index >= 15 is 0 Å². The Labute approximate surface area is 98.4 Å². The second-order valence-electron chi connectivity index (χ2n) is 3.13. The van der Waals surface area contributed by atoms with Gasteiger partial charge >= 0.3 is 0 Å². The van der Waals surface area contributed by atoms with Gasteiger partial charge in [0.15, 0.2) is 0 Å². The Morgan fingerprint density at radius 3 is 2.81 bits per heavy atom. The molecule has 0 aliphatic rings. The lowest BCUT2D eigenvalue weighted by Gasteiger charge is -2.04. The van der Waals surface area contributed by atoms with Gasteiger partial charge in [-0.15, -0.1) is 17.9 Å². The van der Waals surface area contributed by atoms with Gasteiger partial charge in [0.1, 0.15) is 0 Å². The van der Waals surface area contributed by atoms with Crippen molar-refractivity contribution in [1.82, 2.24) is 10.6 Å². The molecule has 1 aromatic rings. The van der Waals surface area contributed by atoms with Crippen LogP contribution in [0.25, 0.3) is 0 Å². The smallest absolute Gasteiger partial charge is 0.239 e. The van der Waals surface area contributed by atoms with Crippen molar-refractivity contribution in [3.63, 3.8) is 0 Å². The summed E-state index contributed by atoms with van der Waals surface area (Å²) in [4.78, 5) is 23.5. The molecule has 16 heavy (non-hydrogen) atoms. The number of rotatable bonds is 6. The molecule has 2 N–H and O–H groups in total. The fourth-order valence-electron chi connectivity index (χ4n) is 1.06. The molecular formula is C11H14N2O2S. The zero-order valence-electron chi connectivity index (χ0n) is 8.86. The van der Waals surface area contributed by atoms with Crippen LogP contribution in [0.1, 0.15) is 4.88 Å². The van der Waals surface area contributed by atoms with Gasteiger partial charge in [0, 0.05) is 11.4 Å². The average Bonchev–Trinajstić information content (AvgIpc) is 2.76. The molecule has 0 saturated heterocycles. The lowest BCUT2D eigenvalue weighted by atomic mass is 10.3. The van der Waals surface area contributed by atoms with Gasteiger partial charge in [-0.25, -0.2) is 0 Å². The first-order valence-corrected chi connectivity index (χ1v) is 5.77. The van der Waals surface area contributed by atoms with Crippen molar-refractivity contribution < 1.29 is 9.59 Å². The predicted molar refractivity (Wildman–Crippen MR) is 64.2 cm³/mol. The molecule has 0 aliphatic carbocycles. The van der Waals surface area contributed by atoms with Crippen LogP contribution < -0.4 is 10.6 Å². The van der Waals surface area contributed by atoms with Gasteiger partial charge in [0.25, 0.3) is 0 Å². The third kappa shape index (κ3) is 4.75. The highest BCUT2D eigenvalue weighted by molar-refractivity contribution is 7.10. The second-order valence-corrected chi connectivity index (χ2v) is 4.16. The van der Waals surface area contributed by atoms with Gasteiger partial charge in [-0.2, -0.15) is 0 Å². The molecule has 0 radical (unpaired) electrons. The Morgan fingerprint density at radius 1 is 1.38 bits per heavy atom. The Morgan fingerprint density at radius 2 is 2.19 bits per heavy atom. The van der Waals surface area contributed by atoms with Crippen molar-refractivity contribution in [1.29, 1.82) is 0 Å². The number of carbonyl (C=O) groups excluding carboxylic acids is 2. The number of amides is 2. The summed E-state index contributed by atoms with van der Waals surface area (Å²) in [6.07, 6.45) is 1.91. The lowest BCUT2D eigenvalue weighted by molar-refractivity contribution is -0.125. The normalized spacial score (nSPS) is 9.50. The molecule has 0 aliphatic heterocycles.